The molecule has 2 atom stereocenters. The minimum absolute atomic E-state index is 0.0911. The van der Waals surface area contributed by atoms with Crippen LogP contribution in [0.2, 0.25) is 0 Å². The molecule has 14 heavy (non-hydrogen) atoms. The molecule has 1 saturated carbocycles. The first kappa shape index (κ1) is 11.7. The van der Waals surface area contributed by atoms with E-state index in [9.17, 15) is 5.11 Å². The van der Waals surface area contributed by atoms with Gasteiger partial charge in [0, 0.05) is 0 Å². The summed E-state index contributed by atoms with van der Waals surface area (Å²) in [5, 5.41) is 9.65. The Morgan fingerprint density at radius 3 is 2.79 bits per heavy atom. The third-order valence-electron chi connectivity index (χ3n) is 2.99. The Hall–Kier alpha value is -0.340. The fourth-order valence-corrected chi connectivity index (χ4v) is 1.79. The third-order valence-corrected chi connectivity index (χ3v) is 2.99. The van der Waals surface area contributed by atoms with Gasteiger partial charge in [0.05, 0.1) is 18.8 Å². The van der Waals surface area contributed by atoms with Gasteiger partial charge in [-0.05, 0) is 33.1 Å². The molecule has 0 aliphatic heterocycles. The predicted molar refractivity (Wildman–Crippen MR) is 58.3 cm³/mol. The molecule has 1 fully saturated rings. The van der Waals surface area contributed by atoms with Crippen LogP contribution in [-0.2, 0) is 4.74 Å². The zero-order valence-corrected chi connectivity index (χ0v) is 9.33. The van der Waals surface area contributed by atoms with E-state index in [1.54, 1.807) is 0 Å². The van der Waals surface area contributed by atoms with Gasteiger partial charge in [-0.1, -0.05) is 24.5 Å². The van der Waals surface area contributed by atoms with Crippen molar-refractivity contribution >= 4 is 0 Å². The molecule has 2 heteroatoms. The molecule has 0 spiro atoms. The number of rotatable bonds is 4. The maximum absolute atomic E-state index is 9.65. The summed E-state index contributed by atoms with van der Waals surface area (Å²) in [5.74, 6) is 0. The first-order valence-corrected chi connectivity index (χ1v) is 5.65. The van der Waals surface area contributed by atoms with Crippen molar-refractivity contribution in [1.82, 2.24) is 0 Å². The van der Waals surface area contributed by atoms with Crippen molar-refractivity contribution in [2.24, 2.45) is 0 Å². The van der Waals surface area contributed by atoms with E-state index in [2.05, 4.69) is 13.0 Å². The Kier molecular flexibility index (Phi) is 5.20. The highest BCUT2D eigenvalue weighted by atomic mass is 16.5. The molecule has 0 heterocycles. The number of aliphatic hydroxyl groups is 1. The maximum Gasteiger partial charge on any atom is 0.0834 e. The van der Waals surface area contributed by atoms with Gasteiger partial charge in [-0.15, -0.1) is 0 Å². The van der Waals surface area contributed by atoms with Crippen molar-refractivity contribution in [3.05, 3.63) is 11.6 Å². The smallest absolute Gasteiger partial charge is 0.0834 e. The minimum Gasteiger partial charge on any atom is -0.390 e. The van der Waals surface area contributed by atoms with Gasteiger partial charge >= 0.3 is 0 Å². The van der Waals surface area contributed by atoms with Gasteiger partial charge in [-0.3, -0.25) is 0 Å². The van der Waals surface area contributed by atoms with Gasteiger partial charge in [0.1, 0.15) is 0 Å². The summed E-state index contributed by atoms with van der Waals surface area (Å²) in [5.41, 5.74) is 1.36. The standard InChI is InChI=1S/C12H22O2/c1-3-10(2)8-9-14-12-7-5-4-6-11(12)13/h3,11-13H,4-9H2,1-2H3/b10-3+. The molecule has 1 aliphatic rings. The van der Waals surface area contributed by atoms with E-state index in [1.165, 1.54) is 12.0 Å². The van der Waals surface area contributed by atoms with Crippen LogP contribution in [0.15, 0.2) is 11.6 Å². The van der Waals surface area contributed by atoms with Gasteiger partial charge in [0.2, 0.25) is 0 Å². The lowest BCUT2D eigenvalue weighted by Gasteiger charge is -2.27. The molecule has 0 aromatic heterocycles. The van der Waals surface area contributed by atoms with Gasteiger partial charge in [0.15, 0.2) is 0 Å². The number of ether oxygens (including phenoxy) is 1. The molecule has 1 aliphatic carbocycles. The summed E-state index contributed by atoms with van der Waals surface area (Å²) in [4.78, 5) is 0. The van der Waals surface area contributed by atoms with Crippen LogP contribution in [0.25, 0.3) is 0 Å². The molecule has 1 N–H and O–H groups in total. The second-order valence-corrected chi connectivity index (χ2v) is 4.15. The fraction of sp³-hybridized carbons (Fsp3) is 0.833. The highest BCUT2D eigenvalue weighted by Gasteiger charge is 2.23. The summed E-state index contributed by atoms with van der Waals surface area (Å²) in [6, 6.07) is 0. The largest absolute Gasteiger partial charge is 0.390 e. The summed E-state index contributed by atoms with van der Waals surface area (Å²) in [6.45, 7) is 4.91. The number of aliphatic hydroxyl groups excluding tert-OH is 1. The van der Waals surface area contributed by atoms with Crippen molar-refractivity contribution in [3.8, 4) is 0 Å². The Labute approximate surface area is 87.0 Å². The Bertz CT molecular complexity index is 187. The summed E-state index contributed by atoms with van der Waals surface area (Å²) < 4.78 is 5.68. The van der Waals surface area contributed by atoms with Crippen LogP contribution in [0, 0.1) is 0 Å². The SMILES string of the molecule is C/C=C(\C)CCOC1CCCCC1O. The molecule has 1 rings (SSSR count). The van der Waals surface area contributed by atoms with Crippen LogP contribution in [0.5, 0.6) is 0 Å². The van der Waals surface area contributed by atoms with Gasteiger partial charge in [-0.25, -0.2) is 0 Å². The second-order valence-electron chi connectivity index (χ2n) is 4.15. The average molecular weight is 198 g/mol. The van der Waals surface area contributed by atoms with Crippen LogP contribution in [0.1, 0.15) is 46.0 Å². The lowest BCUT2D eigenvalue weighted by molar-refractivity contribution is -0.0575. The second kappa shape index (κ2) is 6.20. The summed E-state index contributed by atoms with van der Waals surface area (Å²) >= 11 is 0. The molecular formula is C12H22O2. The van der Waals surface area contributed by atoms with Crippen molar-refractivity contribution in [3.63, 3.8) is 0 Å². The van der Waals surface area contributed by atoms with Crippen LogP contribution >= 0.6 is 0 Å². The highest BCUT2D eigenvalue weighted by molar-refractivity contribution is 4.95. The first-order valence-electron chi connectivity index (χ1n) is 5.65. The Morgan fingerprint density at radius 1 is 1.43 bits per heavy atom. The quantitative estimate of drug-likeness (QED) is 0.704. The summed E-state index contributed by atoms with van der Waals surface area (Å²) in [6.07, 6.45) is 7.24. The maximum atomic E-state index is 9.65. The molecule has 0 aromatic rings. The number of hydrogen-bond acceptors (Lipinski definition) is 2. The molecule has 2 nitrogen and oxygen atoms in total. The topological polar surface area (TPSA) is 29.5 Å². The molecule has 82 valence electrons. The van der Waals surface area contributed by atoms with Crippen LogP contribution in [-0.4, -0.2) is 23.9 Å². The zero-order valence-electron chi connectivity index (χ0n) is 9.33. The Morgan fingerprint density at radius 2 is 2.14 bits per heavy atom. The zero-order chi connectivity index (χ0) is 10.4. The first-order chi connectivity index (χ1) is 6.74. The number of allylic oxidation sites excluding steroid dienone is 1. The molecule has 0 aromatic carbocycles. The third kappa shape index (κ3) is 3.81. The van der Waals surface area contributed by atoms with E-state index in [1.807, 2.05) is 6.92 Å². The normalized spacial score (nSPS) is 29.2. The van der Waals surface area contributed by atoms with Crippen LogP contribution in [0.3, 0.4) is 0 Å². The van der Waals surface area contributed by atoms with E-state index in [0.29, 0.717) is 0 Å². The molecular weight excluding hydrogens is 176 g/mol. The van der Waals surface area contributed by atoms with E-state index < -0.39 is 0 Å². The Balaban J connectivity index is 2.16. The van der Waals surface area contributed by atoms with E-state index >= 15 is 0 Å². The van der Waals surface area contributed by atoms with Gasteiger partial charge in [-0.2, -0.15) is 0 Å². The lowest BCUT2D eigenvalue weighted by atomic mass is 9.95. The predicted octanol–water partition coefficient (Wildman–Crippen LogP) is 2.66. The van der Waals surface area contributed by atoms with E-state index in [4.69, 9.17) is 4.74 Å². The lowest BCUT2D eigenvalue weighted by Crippen LogP contribution is -2.32. The monoisotopic (exact) mass is 198 g/mol. The van der Waals surface area contributed by atoms with Crippen LogP contribution < -0.4 is 0 Å². The summed E-state index contributed by atoms with van der Waals surface area (Å²) in [7, 11) is 0. The molecule has 0 radical (unpaired) electrons. The molecule has 0 amide bonds. The van der Waals surface area contributed by atoms with Gasteiger partial charge in [0.25, 0.3) is 0 Å². The number of hydrogen-bond donors (Lipinski definition) is 1. The van der Waals surface area contributed by atoms with Crippen molar-refractivity contribution < 1.29 is 9.84 Å². The van der Waals surface area contributed by atoms with Crippen molar-refractivity contribution in [2.75, 3.05) is 6.61 Å². The van der Waals surface area contributed by atoms with Crippen molar-refractivity contribution in [1.29, 1.82) is 0 Å². The van der Waals surface area contributed by atoms with E-state index in [-0.39, 0.29) is 12.2 Å². The van der Waals surface area contributed by atoms with E-state index in [0.717, 1.165) is 32.3 Å². The van der Waals surface area contributed by atoms with Gasteiger partial charge < -0.3 is 9.84 Å². The average Bonchev–Trinajstić information content (AvgIpc) is 2.20. The molecule has 0 saturated heterocycles. The minimum atomic E-state index is -0.227. The molecule has 2 unspecified atom stereocenters. The molecule has 0 bridgehead atoms. The fourth-order valence-electron chi connectivity index (χ4n) is 1.79. The highest BCUT2D eigenvalue weighted by Crippen LogP contribution is 2.21. The van der Waals surface area contributed by atoms with Crippen molar-refractivity contribution in [2.45, 2.75) is 58.2 Å². The van der Waals surface area contributed by atoms with Crippen LogP contribution in [0.4, 0.5) is 0 Å².